The van der Waals surface area contributed by atoms with Gasteiger partial charge in [0, 0.05) is 30.3 Å². The molecule has 7 rings (SSSR count). The van der Waals surface area contributed by atoms with Gasteiger partial charge >= 0.3 is 12.2 Å². The van der Waals surface area contributed by atoms with Crippen LogP contribution in [0.1, 0.15) is 28.7 Å². The molecule has 0 radical (unpaired) electrons. The van der Waals surface area contributed by atoms with E-state index in [1.807, 2.05) is 59.5 Å². The number of nitrogens with one attached hydrogen (secondary N) is 1. The SMILES string of the molecule is O=C1Cc2ccccc2C(c2ccccc2)=N[C@@H]1Nc1nnc(-c2ncc(C(F)(F)F)cc2N2CCOC3CC32)o1. The number of ether oxygens (including phenoxy) is 1. The number of hydrogen-bond acceptors (Lipinski definition) is 9. The third kappa shape index (κ3) is 4.84. The standard InChI is InChI=1S/C29H23F3N6O3/c30-29(31,32)18-13-21(38-10-11-40-23-14-20(23)38)25(33-15-18)27-36-37-28(41-27)35-26-22(39)12-17-8-4-5-9-19(17)24(34-26)16-6-2-1-3-7-16/h1-9,13,15,20,23,26H,10-12,14H2,(H,35,37)/t20?,23?,26-/m1/s1. The van der Waals surface area contributed by atoms with Crippen LogP contribution in [-0.2, 0) is 22.1 Å². The van der Waals surface area contributed by atoms with Crippen LogP contribution in [0, 0.1) is 0 Å². The van der Waals surface area contributed by atoms with Gasteiger partial charge < -0.3 is 19.4 Å². The molecule has 2 aliphatic heterocycles. The van der Waals surface area contributed by atoms with Gasteiger partial charge in [0.05, 0.1) is 35.7 Å². The fourth-order valence-corrected chi connectivity index (χ4v) is 5.32. The first-order valence-electron chi connectivity index (χ1n) is 13.2. The first-order valence-corrected chi connectivity index (χ1v) is 13.2. The number of benzene rings is 2. The maximum atomic E-state index is 13.6. The monoisotopic (exact) mass is 560 g/mol. The van der Waals surface area contributed by atoms with Crippen LogP contribution in [0.15, 0.2) is 76.3 Å². The summed E-state index contributed by atoms with van der Waals surface area (Å²) < 4.78 is 52.2. The minimum Gasteiger partial charge on any atom is -0.402 e. The molecule has 1 saturated heterocycles. The number of aromatic nitrogens is 3. The molecule has 2 unspecified atom stereocenters. The Morgan fingerprint density at radius 3 is 2.66 bits per heavy atom. The minimum absolute atomic E-state index is 0.0203. The molecule has 2 aromatic carbocycles. The van der Waals surface area contributed by atoms with E-state index < -0.39 is 17.9 Å². The van der Waals surface area contributed by atoms with Gasteiger partial charge in [0.1, 0.15) is 0 Å². The average molecular weight is 561 g/mol. The van der Waals surface area contributed by atoms with Crippen LogP contribution in [-0.4, -0.2) is 58.1 Å². The highest BCUT2D eigenvalue weighted by Crippen LogP contribution is 2.43. The van der Waals surface area contributed by atoms with Gasteiger partial charge in [-0.05, 0) is 18.1 Å². The molecule has 2 fully saturated rings. The maximum absolute atomic E-state index is 13.6. The van der Waals surface area contributed by atoms with E-state index in [2.05, 4.69) is 20.5 Å². The molecular weight excluding hydrogens is 537 g/mol. The molecule has 0 bridgehead atoms. The third-order valence-corrected chi connectivity index (χ3v) is 7.40. The van der Waals surface area contributed by atoms with Crippen LogP contribution in [0.3, 0.4) is 0 Å². The van der Waals surface area contributed by atoms with Crippen molar-refractivity contribution < 1.29 is 27.1 Å². The van der Waals surface area contributed by atoms with Gasteiger partial charge in [-0.1, -0.05) is 59.7 Å². The lowest BCUT2D eigenvalue weighted by Crippen LogP contribution is -2.37. The molecule has 208 valence electrons. The van der Waals surface area contributed by atoms with E-state index in [0.717, 1.165) is 35.4 Å². The fraction of sp³-hybridized carbons (Fsp3) is 0.276. The second-order valence-corrected chi connectivity index (χ2v) is 10.1. The zero-order valence-electron chi connectivity index (χ0n) is 21.5. The number of pyridine rings is 1. The van der Waals surface area contributed by atoms with E-state index in [4.69, 9.17) is 14.1 Å². The quantitative estimate of drug-likeness (QED) is 0.380. The van der Waals surface area contributed by atoms with E-state index in [1.54, 1.807) is 0 Å². The highest BCUT2D eigenvalue weighted by atomic mass is 19.4. The molecule has 4 heterocycles. The van der Waals surface area contributed by atoms with Crippen molar-refractivity contribution in [2.75, 3.05) is 23.4 Å². The predicted octanol–water partition coefficient (Wildman–Crippen LogP) is 4.53. The number of ketones is 1. The Bertz CT molecular complexity index is 1660. The minimum atomic E-state index is -4.57. The second-order valence-electron chi connectivity index (χ2n) is 10.1. The lowest BCUT2D eigenvalue weighted by atomic mass is 9.96. The number of halogens is 3. The van der Waals surface area contributed by atoms with Crippen molar-refractivity contribution >= 4 is 23.2 Å². The highest BCUT2D eigenvalue weighted by Gasteiger charge is 2.47. The summed E-state index contributed by atoms with van der Waals surface area (Å²) in [6.07, 6.45) is -4.00. The second kappa shape index (κ2) is 9.81. The van der Waals surface area contributed by atoms with Gasteiger partial charge in [0.2, 0.25) is 0 Å². The summed E-state index contributed by atoms with van der Waals surface area (Å²) in [6.45, 7) is 0.798. The Balaban J connectivity index is 1.22. The zero-order chi connectivity index (χ0) is 28.1. The van der Waals surface area contributed by atoms with Crippen molar-refractivity contribution in [3.05, 3.63) is 89.1 Å². The lowest BCUT2D eigenvalue weighted by molar-refractivity contribution is -0.137. The van der Waals surface area contributed by atoms with Crippen molar-refractivity contribution in [1.29, 1.82) is 0 Å². The largest absolute Gasteiger partial charge is 0.417 e. The summed E-state index contributed by atoms with van der Waals surface area (Å²) in [7, 11) is 0. The first kappa shape index (κ1) is 25.4. The molecular formula is C29H23F3N6O3. The number of Topliss-reactive ketones (excluding diaryl/α,β-unsaturated/α-hetero) is 1. The van der Waals surface area contributed by atoms with Crippen LogP contribution in [0.4, 0.5) is 24.9 Å². The molecule has 3 atom stereocenters. The van der Waals surface area contributed by atoms with Crippen LogP contribution >= 0.6 is 0 Å². The smallest absolute Gasteiger partial charge is 0.402 e. The number of alkyl halides is 3. The summed E-state index contributed by atoms with van der Waals surface area (Å²) in [5.74, 6) is -0.277. The topological polar surface area (TPSA) is 106 Å². The van der Waals surface area contributed by atoms with Gasteiger partial charge in [-0.2, -0.15) is 13.2 Å². The van der Waals surface area contributed by atoms with Crippen LogP contribution in [0.25, 0.3) is 11.6 Å². The molecule has 0 amide bonds. The normalized spacial score (nSPS) is 21.9. The van der Waals surface area contributed by atoms with Gasteiger partial charge in [0.25, 0.3) is 5.89 Å². The van der Waals surface area contributed by atoms with Crippen molar-refractivity contribution in [2.24, 2.45) is 4.99 Å². The Morgan fingerprint density at radius 2 is 1.83 bits per heavy atom. The average Bonchev–Trinajstić information content (AvgIpc) is 3.66. The third-order valence-electron chi connectivity index (χ3n) is 7.40. The molecule has 12 heteroatoms. The van der Waals surface area contributed by atoms with Crippen LogP contribution in [0.2, 0.25) is 0 Å². The summed E-state index contributed by atoms with van der Waals surface area (Å²) in [5, 5.41) is 11.0. The summed E-state index contributed by atoms with van der Waals surface area (Å²) in [5.41, 5.74) is 2.68. The molecule has 0 spiro atoms. The van der Waals surface area contributed by atoms with E-state index in [1.165, 1.54) is 0 Å². The van der Waals surface area contributed by atoms with E-state index >= 15 is 0 Å². The van der Waals surface area contributed by atoms with E-state index in [0.29, 0.717) is 18.9 Å². The number of fused-ring (bicyclic) bond motifs is 2. The zero-order valence-corrected chi connectivity index (χ0v) is 21.5. The van der Waals surface area contributed by atoms with Crippen molar-refractivity contribution in [3.8, 4) is 11.6 Å². The number of carbonyl (C=O) groups is 1. The molecule has 1 N–H and O–H groups in total. The highest BCUT2D eigenvalue weighted by molar-refractivity contribution is 6.16. The Morgan fingerprint density at radius 1 is 1.02 bits per heavy atom. The Kier molecular flexibility index (Phi) is 6.07. The van der Waals surface area contributed by atoms with Gasteiger partial charge in [-0.25, -0.2) is 4.98 Å². The first-order chi connectivity index (χ1) is 19.8. The molecule has 2 aromatic heterocycles. The van der Waals surface area contributed by atoms with Crippen molar-refractivity contribution in [1.82, 2.24) is 15.2 Å². The van der Waals surface area contributed by atoms with Gasteiger partial charge in [-0.3, -0.25) is 9.79 Å². The summed E-state index contributed by atoms with van der Waals surface area (Å²) in [6, 6.07) is 18.0. The molecule has 3 aliphatic rings. The number of nitrogens with zero attached hydrogens (tertiary/aromatic N) is 5. The number of morpholine rings is 1. The number of aliphatic imine (C=N–C) groups is 1. The van der Waals surface area contributed by atoms with Crippen molar-refractivity contribution in [2.45, 2.75) is 37.3 Å². The molecule has 4 aromatic rings. The van der Waals surface area contributed by atoms with Gasteiger partial charge in [-0.15, -0.1) is 5.10 Å². The Labute approximate surface area is 232 Å². The van der Waals surface area contributed by atoms with E-state index in [9.17, 15) is 18.0 Å². The van der Waals surface area contributed by atoms with Crippen LogP contribution in [0.5, 0.6) is 0 Å². The number of hydrogen-bond donors (Lipinski definition) is 1. The molecule has 1 aliphatic carbocycles. The molecule has 41 heavy (non-hydrogen) atoms. The lowest BCUT2D eigenvalue weighted by Gasteiger charge is -2.30. The molecule has 9 nitrogen and oxygen atoms in total. The molecule has 1 saturated carbocycles. The maximum Gasteiger partial charge on any atom is 0.417 e. The van der Waals surface area contributed by atoms with Crippen molar-refractivity contribution in [3.63, 3.8) is 0 Å². The Hall–Kier alpha value is -4.58. The number of anilines is 2. The van der Waals surface area contributed by atoms with Gasteiger partial charge in [0.15, 0.2) is 17.6 Å². The van der Waals surface area contributed by atoms with E-state index in [-0.39, 0.29) is 47.6 Å². The number of rotatable bonds is 5. The fourth-order valence-electron chi connectivity index (χ4n) is 5.32. The summed E-state index contributed by atoms with van der Waals surface area (Å²) in [4.78, 5) is 24.0. The summed E-state index contributed by atoms with van der Waals surface area (Å²) >= 11 is 0. The number of carbonyl (C=O) groups excluding carboxylic acids is 1. The van der Waals surface area contributed by atoms with Crippen LogP contribution < -0.4 is 10.2 Å². The predicted molar refractivity (Wildman–Crippen MR) is 143 cm³/mol.